The first kappa shape index (κ1) is 14.7. The van der Waals surface area contributed by atoms with Crippen LogP contribution in [0.15, 0.2) is 30.5 Å². The Kier molecular flexibility index (Phi) is 4.32. The third kappa shape index (κ3) is 3.44. The van der Waals surface area contributed by atoms with E-state index >= 15 is 0 Å². The SMILES string of the molecule is Cc1cccc(C(=O)OCCn2c([N+](=O)[O-])cnc2C)c1. The molecule has 2 rings (SSSR count). The van der Waals surface area contributed by atoms with Crippen LogP contribution in [0.5, 0.6) is 0 Å². The van der Waals surface area contributed by atoms with Crippen LogP contribution in [0.2, 0.25) is 0 Å². The van der Waals surface area contributed by atoms with E-state index in [1.165, 1.54) is 10.8 Å². The molecule has 0 radical (unpaired) electrons. The van der Waals surface area contributed by atoms with Crippen molar-refractivity contribution in [2.75, 3.05) is 6.61 Å². The lowest BCUT2D eigenvalue weighted by molar-refractivity contribution is -0.392. The predicted molar refractivity (Wildman–Crippen MR) is 75.1 cm³/mol. The first-order valence-electron chi connectivity index (χ1n) is 6.39. The largest absolute Gasteiger partial charge is 0.458 e. The number of imidazole rings is 1. The molecule has 7 nitrogen and oxygen atoms in total. The van der Waals surface area contributed by atoms with Crippen LogP contribution in [-0.2, 0) is 11.3 Å². The van der Waals surface area contributed by atoms with Gasteiger partial charge in [0.25, 0.3) is 0 Å². The average Bonchev–Trinajstić information content (AvgIpc) is 2.80. The van der Waals surface area contributed by atoms with Gasteiger partial charge in [0.1, 0.15) is 19.3 Å². The molecule has 0 saturated heterocycles. The van der Waals surface area contributed by atoms with Crippen molar-refractivity contribution >= 4 is 11.8 Å². The van der Waals surface area contributed by atoms with Crippen molar-refractivity contribution in [3.05, 3.63) is 57.5 Å². The highest BCUT2D eigenvalue weighted by atomic mass is 16.6. The molecule has 0 aliphatic heterocycles. The topological polar surface area (TPSA) is 87.3 Å². The molecule has 0 amide bonds. The summed E-state index contributed by atoms with van der Waals surface area (Å²) in [5.74, 6) is -0.0495. The van der Waals surface area contributed by atoms with Gasteiger partial charge in [-0.25, -0.2) is 14.3 Å². The number of aryl methyl sites for hydroxylation is 2. The lowest BCUT2D eigenvalue weighted by atomic mass is 10.1. The Balaban J connectivity index is 1.97. The Hall–Kier alpha value is -2.70. The lowest BCUT2D eigenvalue weighted by Crippen LogP contribution is -2.13. The van der Waals surface area contributed by atoms with Gasteiger partial charge in [-0.05, 0) is 24.0 Å². The van der Waals surface area contributed by atoms with E-state index in [0.717, 1.165) is 5.56 Å². The Morgan fingerprint density at radius 3 is 2.86 bits per heavy atom. The van der Waals surface area contributed by atoms with Gasteiger partial charge in [0.05, 0.1) is 5.56 Å². The molecule has 0 spiro atoms. The molecular formula is C14H15N3O4. The van der Waals surface area contributed by atoms with Crippen LogP contribution in [0.1, 0.15) is 21.7 Å². The fourth-order valence-electron chi connectivity index (χ4n) is 1.96. The van der Waals surface area contributed by atoms with E-state index in [1.807, 2.05) is 13.0 Å². The van der Waals surface area contributed by atoms with Gasteiger partial charge in [-0.1, -0.05) is 17.7 Å². The van der Waals surface area contributed by atoms with E-state index in [-0.39, 0.29) is 19.0 Å². The van der Waals surface area contributed by atoms with Gasteiger partial charge in [0.15, 0.2) is 5.82 Å². The van der Waals surface area contributed by atoms with Crippen LogP contribution in [0.4, 0.5) is 5.82 Å². The minimum absolute atomic E-state index is 0.0464. The summed E-state index contributed by atoms with van der Waals surface area (Å²) in [5, 5.41) is 10.8. The minimum Gasteiger partial charge on any atom is -0.458 e. The number of benzene rings is 1. The van der Waals surface area contributed by atoms with Crippen LogP contribution in [-0.4, -0.2) is 27.1 Å². The number of hydrogen-bond donors (Lipinski definition) is 0. The Morgan fingerprint density at radius 1 is 1.43 bits per heavy atom. The maximum Gasteiger partial charge on any atom is 0.342 e. The zero-order chi connectivity index (χ0) is 15.4. The molecular weight excluding hydrogens is 274 g/mol. The second kappa shape index (κ2) is 6.17. The van der Waals surface area contributed by atoms with E-state index < -0.39 is 10.9 Å². The normalized spacial score (nSPS) is 10.4. The standard InChI is InChI=1S/C14H15N3O4/c1-10-4-3-5-12(8-10)14(18)21-7-6-16-11(2)15-9-13(16)17(19)20/h3-5,8-9H,6-7H2,1-2H3. The first-order valence-corrected chi connectivity index (χ1v) is 6.39. The number of hydrogen-bond acceptors (Lipinski definition) is 5. The smallest absolute Gasteiger partial charge is 0.342 e. The van der Waals surface area contributed by atoms with Crippen molar-refractivity contribution in [3.8, 4) is 0 Å². The van der Waals surface area contributed by atoms with Crippen LogP contribution in [0.25, 0.3) is 0 Å². The number of carbonyl (C=O) groups is 1. The van der Waals surface area contributed by atoms with E-state index in [1.54, 1.807) is 25.1 Å². The average molecular weight is 289 g/mol. The van der Waals surface area contributed by atoms with E-state index in [0.29, 0.717) is 11.4 Å². The molecule has 110 valence electrons. The molecule has 0 aliphatic rings. The highest BCUT2D eigenvalue weighted by molar-refractivity contribution is 5.89. The molecule has 0 bridgehead atoms. The fourth-order valence-corrected chi connectivity index (χ4v) is 1.96. The fraction of sp³-hybridized carbons (Fsp3) is 0.286. The Bertz CT molecular complexity index is 679. The third-order valence-electron chi connectivity index (χ3n) is 3.02. The molecule has 0 unspecified atom stereocenters. The van der Waals surface area contributed by atoms with Gasteiger partial charge in [0.2, 0.25) is 0 Å². The number of aromatic nitrogens is 2. The molecule has 1 aromatic heterocycles. The van der Waals surface area contributed by atoms with Crippen molar-refractivity contribution in [1.29, 1.82) is 0 Å². The lowest BCUT2D eigenvalue weighted by Gasteiger charge is -2.06. The zero-order valence-electron chi connectivity index (χ0n) is 11.8. The van der Waals surface area contributed by atoms with Crippen molar-refractivity contribution < 1.29 is 14.5 Å². The molecule has 7 heteroatoms. The Morgan fingerprint density at radius 2 is 2.19 bits per heavy atom. The van der Waals surface area contributed by atoms with Crippen LogP contribution >= 0.6 is 0 Å². The van der Waals surface area contributed by atoms with E-state index in [2.05, 4.69) is 4.98 Å². The summed E-state index contributed by atoms with van der Waals surface area (Å²) in [7, 11) is 0. The molecule has 0 N–H and O–H groups in total. The highest BCUT2D eigenvalue weighted by Gasteiger charge is 2.17. The van der Waals surface area contributed by atoms with Gasteiger partial charge in [-0.15, -0.1) is 0 Å². The van der Waals surface area contributed by atoms with Gasteiger partial charge >= 0.3 is 11.8 Å². The number of ether oxygens (including phenoxy) is 1. The maximum absolute atomic E-state index is 11.8. The zero-order valence-corrected chi connectivity index (χ0v) is 11.8. The molecule has 21 heavy (non-hydrogen) atoms. The summed E-state index contributed by atoms with van der Waals surface area (Å²) < 4.78 is 6.54. The summed E-state index contributed by atoms with van der Waals surface area (Å²) in [6.45, 7) is 3.79. The molecule has 0 aliphatic carbocycles. The summed E-state index contributed by atoms with van der Waals surface area (Å²) >= 11 is 0. The van der Waals surface area contributed by atoms with E-state index in [4.69, 9.17) is 4.74 Å². The summed E-state index contributed by atoms with van der Waals surface area (Å²) in [6.07, 6.45) is 1.19. The number of carbonyl (C=O) groups excluding carboxylic acids is 1. The quantitative estimate of drug-likeness (QED) is 0.478. The van der Waals surface area contributed by atoms with Crippen molar-refractivity contribution in [2.24, 2.45) is 0 Å². The molecule has 1 aromatic carbocycles. The monoisotopic (exact) mass is 289 g/mol. The highest BCUT2D eigenvalue weighted by Crippen LogP contribution is 2.13. The number of nitro groups is 1. The number of nitrogens with zero attached hydrogens (tertiary/aromatic N) is 3. The summed E-state index contributed by atoms with van der Waals surface area (Å²) in [5.41, 5.74) is 1.43. The third-order valence-corrected chi connectivity index (χ3v) is 3.02. The molecule has 0 atom stereocenters. The first-order chi connectivity index (χ1) is 9.99. The van der Waals surface area contributed by atoms with Gasteiger partial charge in [-0.2, -0.15) is 0 Å². The predicted octanol–water partition coefficient (Wildman–Crippen LogP) is 2.27. The van der Waals surface area contributed by atoms with Crippen molar-refractivity contribution in [1.82, 2.24) is 9.55 Å². The van der Waals surface area contributed by atoms with Gasteiger partial charge in [0, 0.05) is 6.92 Å². The molecule has 0 fully saturated rings. The molecule has 1 heterocycles. The molecule has 2 aromatic rings. The van der Waals surface area contributed by atoms with Gasteiger partial charge in [-0.3, -0.25) is 0 Å². The number of rotatable bonds is 5. The van der Waals surface area contributed by atoms with Crippen LogP contribution in [0.3, 0.4) is 0 Å². The van der Waals surface area contributed by atoms with E-state index in [9.17, 15) is 14.9 Å². The second-order valence-electron chi connectivity index (χ2n) is 4.58. The second-order valence-corrected chi connectivity index (χ2v) is 4.58. The van der Waals surface area contributed by atoms with Crippen molar-refractivity contribution in [3.63, 3.8) is 0 Å². The summed E-state index contributed by atoms with van der Waals surface area (Å²) in [4.78, 5) is 26.1. The van der Waals surface area contributed by atoms with Gasteiger partial charge < -0.3 is 14.9 Å². The minimum atomic E-state index is -0.512. The molecule has 0 saturated carbocycles. The Labute approximate surface area is 121 Å². The van der Waals surface area contributed by atoms with Crippen molar-refractivity contribution in [2.45, 2.75) is 20.4 Å². The number of esters is 1. The summed E-state index contributed by atoms with van der Waals surface area (Å²) in [6, 6.07) is 7.05. The van der Waals surface area contributed by atoms with Crippen LogP contribution < -0.4 is 0 Å². The van der Waals surface area contributed by atoms with Crippen LogP contribution in [0, 0.1) is 24.0 Å². The maximum atomic E-state index is 11.8.